The predicted molar refractivity (Wildman–Crippen MR) is 120 cm³/mol. The van der Waals surface area contributed by atoms with Crippen LogP contribution in [0, 0.1) is 0 Å². The Kier molecular flexibility index (Phi) is 5.58. The van der Waals surface area contributed by atoms with Crippen molar-refractivity contribution in [2.75, 3.05) is 0 Å². The minimum absolute atomic E-state index is 0.203. The van der Waals surface area contributed by atoms with Crippen molar-refractivity contribution in [3.8, 4) is 11.5 Å². The summed E-state index contributed by atoms with van der Waals surface area (Å²) in [4.78, 5) is 0. The zero-order valence-electron chi connectivity index (χ0n) is 16.8. The van der Waals surface area contributed by atoms with E-state index in [0.29, 0.717) is 0 Å². The molecule has 0 aliphatic heterocycles. The van der Waals surface area contributed by atoms with Gasteiger partial charge < -0.3 is 10.2 Å². The van der Waals surface area contributed by atoms with Gasteiger partial charge in [-0.15, -0.1) is 0 Å². The van der Waals surface area contributed by atoms with E-state index in [1.54, 1.807) is 24.3 Å². The van der Waals surface area contributed by atoms with E-state index >= 15 is 0 Å². The minimum Gasteiger partial charge on any atom is -0.508 e. The molecule has 146 valence electrons. The number of phenolic OH excluding ortho intramolecular Hbond substituents is 2. The molecule has 0 heterocycles. The second-order valence-corrected chi connectivity index (χ2v) is 8.96. The van der Waals surface area contributed by atoms with Gasteiger partial charge in [-0.3, -0.25) is 0 Å². The lowest BCUT2D eigenvalue weighted by molar-refractivity contribution is 0.474. The van der Waals surface area contributed by atoms with Crippen molar-refractivity contribution in [1.29, 1.82) is 0 Å². The summed E-state index contributed by atoms with van der Waals surface area (Å²) in [7, 11) is 0. The molecule has 0 atom stereocenters. The van der Waals surface area contributed by atoms with Crippen molar-refractivity contribution < 1.29 is 10.2 Å². The molecular weight excluding hydrogens is 412 g/mol. The predicted octanol–water partition coefficient (Wildman–Crippen LogP) is 6.64. The lowest BCUT2D eigenvalue weighted by atomic mass is 9.72. The van der Waals surface area contributed by atoms with Gasteiger partial charge in [-0.1, -0.05) is 86.1 Å². The van der Waals surface area contributed by atoms with Crippen LogP contribution in [0.1, 0.15) is 55.5 Å². The molecule has 3 aromatic carbocycles. The second kappa shape index (κ2) is 7.63. The summed E-state index contributed by atoms with van der Waals surface area (Å²) in [6, 6.07) is 21.7. The fourth-order valence-corrected chi connectivity index (χ4v) is 3.90. The van der Waals surface area contributed by atoms with Crippen molar-refractivity contribution in [1.82, 2.24) is 0 Å². The molecular formula is C25H27BrO2. The molecule has 0 aliphatic carbocycles. The maximum absolute atomic E-state index is 9.65. The molecule has 0 fully saturated rings. The molecule has 0 unspecified atom stereocenters. The Morgan fingerprint density at radius 2 is 0.964 bits per heavy atom. The molecule has 3 heteroatoms. The summed E-state index contributed by atoms with van der Waals surface area (Å²) < 4.78 is 0. The van der Waals surface area contributed by atoms with Crippen molar-refractivity contribution >= 4 is 15.9 Å². The summed E-state index contributed by atoms with van der Waals surface area (Å²) in [6.07, 6.45) is 0. The van der Waals surface area contributed by atoms with Crippen LogP contribution in [0.3, 0.4) is 0 Å². The summed E-state index contributed by atoms with van der Waals surface area (Å²) in [5.74, 6) is 0.561. The second-order valence-electron chi connectivity index (χ2n) is 8.40. The topological polar surface area (TPSA) is 40.5 Å². The average molecular weight is 439 g/mol. The summed E-state index contributed by atoms with van der Waals surface area (Å²) in [6.45, 7) is 8.85. The van der Waals surface area contributed by atoms with Gasteiger partial charge in [0.25, 0.3) is 0 Å². The van der Waals surface area contributed by atoms with Crippen LogP contribution in [0.25, 0.3) is 0 Å². The lowest BCUT2D eigenvalue weighted by Gasteiger charge is -2.31. The minimum atomic E-state index is -0.203. The van der Waals surface area contributed by atoms with Crippen LogP contribution in [0.2, 0.25) is 0 Å². The van der Waals surface area contributed by atoms with E-state index in [-0.39, 0.29) is 22.3 Å². The number of aromatic hydroxyl groups is 2. The summed E-state index contributed by atoms with van der Waals surface area (Å²) in [5.41, 5.74) is 5.60. The van der Waals surface area contributed by atoms with Crippen LogP contribution in [0.5, 0.6) is 11.5 Å². The number of benzene rings is 3. The molecule has 2 N–H and O–H groups in total. The zero-order valence-corrected chi connectivity index (χ0v) is 18.4. The summed E-state index contributed by atoms with van der Waals surface area (Å²) in [5, 5.41) is 20.1. The molecule has 3 rings (SSSR count). The molecule has 0 spiro atoms. The van der Waals surface area contributed by atoms with Crippen LogP contribution in [-0.2, 0) is 16.2 Å². The Hall–Kier alpha value is -2.26. The highest BCUT2D eigenvalue weighted by molar-refractivity contribution is 9.08. The first-order valence-electron chi connectivity index (χ1n) is 9.44. The molecule has 0 aromatic heterocycles. The van der Waals surface area contributed by atoms with E-state index < -0.39 is 0 Å². The smallest absolute Gasteiger partial charge is 0.115 e. The van der Waals surface area contributed by atoms with Gasteiger partial charge >= 0.3 is 0 Å². The van der Waals surface area contributed by atoms with Crippen molar-refractivity contribution in [3.05, 3.63) is 94.5 Å². The molecule has 0 saturated carbocycles. The fourth-order valence-electron chi connectivity index (χ4n) is 3.58. The van der Waals surface area contributed by atoms with Crippen LogP contribution in [0.15, 0.2) is 66.7 Å². The number of rotatable bonds is 5. The molecule has 0 saturated heterocycles. The molecule has 0 amide bonds. The third kappa shape index (κ3) is 3.95. The Bertz CT molecular complexity index is 879. The van der Waals surface area contributed by atoms with Crippen LogP contribution < -0.4 is 0 Å². The van der Waals surface area contributed by atoms with Crippen molar-refractivity contribution in [2.45, 2.75) is 43.9 Å². The van der Waals surface area contributed by atoms with Crippen molar-refractivity contribution in [2.24, 2.45) is 0 Å². The number of halogens is 1. The van der Waals surface area contributed by atoms with Crippen LogP contribution in [-0.4, -0.2) is 10.2 Å². The normalized spacial score (nSPS) is 12.2. The Labute approximate surface area is 176 Å². The Morgan fingerprint density at radius 3 is 1.29 bits per heavy atom. The SMILES string of the molecule is CC(C)(c1ccc(O)cc1)c1cc(CBr)cc(C(C)(C)c2ccc(O)cc2)c1. The number of hydrogen-bond donors (Lipinski definition) is 2. The number of alkyl halides is 1. The molecule has 3 aromatic rings. The van der Waals surface area contributed by atoms with Crippen molar-refractivity contribution in [3.63, 3.8) is 0 Å². The Morgan fingerprint density at radius 1 is 0.607 bits per heavy atom. The van der Waals surface area contributed by atoms with Gasteiger partial charge in [-0.2, -0.15) is 0 Å². The number of hydrogen-bond acceptors (Lipinski definition) is 2. The number of phenols is 2. The highest BCUT2D eigenvalue weighted by Crippen LogP contribution is 2.38. The van der Waals surface area contributed by atoms with E-state index in [0.717, 1.165) is 16.5 Å². The van der Waals surface area contributed by atoms with Gasteiger partial charge in [0.1, 0.15) is 11.5 Å². The van der Waals surface area contributed by atoms with Gasteiger partial charge in [-0.05, 0) is 52.1 Å². The van der Waals surface area contributed by atoms with Crippen LogP contribution in [0.4, 0.5) is 0 Å². The highest BCUT2D eigenvalue weighted by Gasteiger charge is 2.28. The first-order valence-corrected chi connectivity index (χ1v) is 10.6. The van der Waals surface area contributed by atoms with Gasteiger partial charge in [0.15, 0.2) is 0 Å². The van der Waals surface area contributed by atoms with Gasteiger partial charge in [-0.25, -0.2) is 0 Å². The van der Waals surface area contributed by atoms with E-state index in [9.17, 15) is 10.2 Å². The third-order valence-corrected chi connectivity index (χ3v) is 6.42. The average Bonchev–Trinajstić information content (AvgIpc) is 2.68. The molecule has 28 heavy (non-hydrogen) atoms. The first kappa shape index (κ1) is 20.5. The standard InChI is InChI=1S/C25H27BrO2/c1-24(2,18-5-9-22(27)10-6-18)20-13-17(16-26)14-21(15-20)25(3,4)19-7-11-23(28)12-8-19/h5-15,27-28H,16H2,1-4H3. The van der Waals surface area contributed by atoms with E-state index in [1.165, 1.54) is 16.7 Å². The molecule has 2 nitrogen and oxygen atoms in total. The largest absolute Gasteiger partial charge is 0.508 e. The van der Waals surface area contributed by atoms with Gasteiger partial charge in [0, 0.05) is 16.2 Å². The molecule has 0 aliphatic rings. The van der Waals surface area contributed by atoms with Gasteiger partial charge in [0.05, 0.1) is 0 Å². The fraction of sp³-hybridized carbons (Fsp3) is 0.280. The summed E-state index contributed by atoms with van der Waals surface area (Å²) >= 11 is 3.62. The first-order chi connectivity index (χ1) is 13.1. The third-order valence-electron chi connectivity index (χ3n) is 5.77. The van der Waals surface area contributed by atoms with Crippen LogP contribution >= 0.6 is 15.9 Å². The van der Waals surface area contributed by atoms with E-state index in [4.69, 9.17) is 0 Å². The zero-order chi connectivity index (χ0) is 20.5. The lowest BCUT2D eigenvalue weighted by Crippen LogP contribution is -2.23. The maximum atomic E-state index is 9.65. The van der Waals surface area contributed by atoms with Gasteiger partial charge in [0.2, 0.25) is 0 Å². The van der Waals surface area contributed by atoms with E-state index in [2.05, 4.69) is 61.8 Å². The van der Waals surface area contributed by atoms with E-state index in [1.807, 2.05) is 24.3 Å². The highest BCUT2D eigenvalue weighted by atomic mass is 79.9. The maximum Gasteiger partial charge on any atom is 0.115 e. The Balaban J connectivity index is 2.12. The molecule has 0 bridgehead atoms. The molecule has 0 radical (unpaired) electrons. The monoisotopic (exact) mass is 438 g/mol. The quantitative estimate of drug-likeness (QED) is 0.438.